The number of fused-ring (bicyclic) bond motifs is 1. The van der Waals surface area contributed by atoms with Crippen LogP contribution < -0.4 is 0 Å². The number of aliphatic hydroxyl groups is 1. The van der Waals surface area contributed by atoms with Gasteiger partial charge in [-0.05, 0) is 38.5 Å². The van der Waals surface area contributed by atoms with Crippen molar-refractivity contribution in [1.29, 1.82) is 0 Å². The first-order valence-electron chi connectivity index (χ1n) is 7.33. The van der Waals surface area contributed by atoms with Crippen LogP contribution in [0.1, 0.15) is 42.3 Å². The number of halogens is 1. The first-order chi connectivity index (χ1) is 10.3. The maximum Gasteiger partial charge on any atom is 0.136 e. The van der Waals surface area contributed by atoms with Gasteiger partial charge in [-0.2, -0.15) is 5.10 Å². The van der Waals surface area contributed by atoms with Crippen LogP contribution in [0.2, 0.25) is 5.02 Å². The number of ketones is 1. The molecule has 22 heavy (non-hydrogen) atoms. The van der Waals surface area contributed by atoms with Crippen LogP contribution >= 0.6 is 11.6 Å². The molecule has 0 bridgehead atoms. The van der Waals surface area contributed by atoms with Crippen molar-refractivity contribution in [3.05, 3.63) is 51.8 Å². The van der Waals surface area contributed by atoms with Gasteiger partial charge in [0.15, 0.2) is 0 Å². The summed E-state index contributed by atoms with van der Waals surface area (Å²) in [7, 11) is 0. The van der Waals surface area contributed by atoms with E-state index in [0.29, 0.717) is 11.4 Å². The summed E-state index contributed by atoms with van der Waals surface area (Å²) in [5, 5.41) is 18.8. The highest BCUT2D eigenvalue weighted by atomic mass is 35.5. The summed E-state index contributed by atoms with van der Waals surface area (Å²) < 4.78 is 0. The first-order valence-corrected chi connectivity index (χ1v) is 7.71. The van der Waals surface area contributed by atoms with Gasteiger partial charge in [-0.25, -0.2) is 0 Å². The molecule has 0 saturated heterocycles. The monoisotopic (exact) mass is 318 g/mol. The molecule has 0 spiro atoms. The molecule has 4 nitrogen and oxygen atoms in total. The third kappa shape index (κ3) is 2.36. The van der Waals surface area contributed by atoms with Gasteiger partial charge in [-0.1, -0.05) is 23.7 Å². The van der Waals surface area contributed by atoms with Crippen LogP contribution in [0.4, 0.5) is 0 Å². The Kier molecular flexibility index (Phi) is 3.62. The van der Waals surface area contributed by atoms with Crippen molar-refractivity contribution < 1.29 is 9.90 Å². The van der Waals surface area contributed by atoms with Gasteiger partial charge in [0, 0.05) is 28.6 Å². The topological polar surface area (TPSA) is 66.0 Å². The Morgan fingerprint density at radius 3 is 2.64 bits per heavy atom. The molecule has 1 heterocycles. The number of aryl methyl sites for hydroxylation is 1. The van der Waals surface area contributed by atoms with Gasteiger partial charge in [0.1, 0.15) is 5.78 Å². The van der Waals surface area contributed by atoms with Gasteiger partial charge < -0.3 is 5.11 Å². The Labute approximate surface area is 134 Å². The molecule has 1 aromatic carbocycles. The predicted molar refractivity (Wildman–Crippen MR) is 85.1 cm³/mol. The fourth-order valence-electron chi connectivity index (χ4n) is 3.71. The Hall–Kier alpha value is -1.65. The summed E-state index contributed by atoms with van der Waals surface area (Å²) in [5.41, 5.74) is 2.64. The number of Topliss-reactive ketones (excluding diaryl/α,β-unsaturated/α-hetero) is 1. The van der Waals surface area contributed by atoms with E-state index in [-0.39, 0.29) is 11.7 Å². The zero-order valence-electron chi connectivity index (χ0n) is 12.9. The largest absolute Gasteiger partial charge is 0.389 e. The molecule has 0 unspecified atom stereocenters. The lowest BCUT2D eigenvalue weighted by Gasteiger charge is -2.41. The number of rotatable bonds is 2. The van der Waals surface area contributed by atoms with Crippen LogP contribution in [0.25, 0.3) is 0 Å². The predicted octanol–water partition coefficient (Wildman–Crippen LogP) is 3.02. The molecule has 1 aliphatic carbocycles. The van der Waals surface area contributed by atoms with Crippen molar-refractivity contribution in [3.63, 3.8) is 0 Å². The van der Waals surface area contributed by atoms with E-state index < -0.39 is 11.5 Å². The van der Waals surface area contributed by atoms with E-state index in [1.165, 1.54) is 0 Å². The number of aromatic amines is 1. The number of carbonyl (C=O) groups excluding carboxylic acids is 1. The first kappa shape index (κ1) is 15.3. The second-order valence-corrected chi connectivity index (χ2v) is 6.80. The molecule has 3 atom stereocenters. The molecule has 2 aromatic rings. The molecule has 1 aromatic heterocycles. The van der Waals surface area contributed by atoms with Crippen molar-refractivity contribution in [2.24, 2.45) is 5.92 Å². The molecular weight excluding hydrogens is 300 g/mol. The molecule has 5 heteroatoms. The Morgan fingerprint density at radius 1 is 1.41 bits per heavy atom. The zero-order valence-corrected chi connectivity index (χ0v) is 13.6. The highest BCUT2D eigenvalue weighted by Crippen LogP contribution is 2.46. The minimum Gasteiger partial charge on any atom is -0.389 e. The van der Waals surface area contributed by atoms with Gasteiger partial charge in [0.25, 0.3) is 0 Å². The van der Waals surface area contributed by atoms with Gasteiger partial charge >= 0.3 is 0 Å². The Balaban J connectivity index is 2.23. The van der Waals surface area contributed by atoms with E-state index in [1.54, 1.807) is 13.8 Å². The third-order valence-electron chi connectivity index (χ3n) is 4.58. The zero-order chi connectivity index (χ0) is 16.1. The van der Waals surface area contributed by atoms with Gasteiger partial charge in [0.05, 0.1) is 17.2 Å². The number of hydrogen-bond acceptors (Lipinski definition) is 3. The lowest BCUT2D eigenvalue weighted by Crippen LogP contribution is -2.48. The number of nitrogens with zero attached hydrogens (tertiary/aromatic N) is 1. The van der Waals surface area contributed by atoms with E-state index >= 15 is 0 Å². The lowest BCUT2D eigenvalue weighted by atomic mass is 9.64. The molecule has 0 radical (unpaired) electrons. The number of H-pyrrole nitrogens is 1. The molecule has 0 saturated carbocycles. The molecule has 0 amide bonds. The fraction of sp³-hybridized carbons (Fsp3) is 0.412. The fourth-order valence-corrected chi connectivity index (χ4v) is 3.84. The minimum absolute atomic E-state index is 0.0174. The molecule has 1 aliphatic rings. The third-order valence-corrected chi connectivity index (χ3v) is 4.83. The number of hydrogen-bond donors (Lipinski definition) is 2. The standard InChI is InChI=1S/C17H19ClN2O2/c1-9-14-13(20-19-9)8-17(3,22)16(10(2)21)15(14)11-4-6-12(18)7-5-11/h4-7,15-16,22H,8H2,1-3H3,(H,19,20)/t15-,16+,17-/m0/s1. The van der Waals surface area contributed by atoms with Crippen molar-refractivity contribution in [3.8, 4) is 0 Å². The maximum atomic E-state index is 12.3. The highest BCUT2D eigenvalue weighted by Gasteiger charge is 2.48. The SMILES string of the molecule is CC(=O)[C@@H]1[C@@H](c2ccc(Cl)cc2)c2c(n[nH]c2C)C[C@]1(C)O. The van der Waals surface area contributed by atoms with Crippen LogP contribution in [0.15, 0.2) is 24.3 Å². The minimum atomic E-state index is -1.12. The number of aromatic nitrogens is 2. The van der Waals surface area contributed by atoms with Crippen LogP contribution in [-0.2, 0) is 11.2 Å². The van der Waals surface area contributed by atoms with Crippen molar-refractivity contribution in [2.45, 2.75) is 38.7 Å². The Morgan fingerprint density at radius 2 is 2.05 bits per heavy atom. The molecule has 2 N–H and O–H groups in total. The van der Waals surface area contributed by atoms with E-state index in [1.807, 2.05) is 31.2 Å². The second-order valence-electron chi connectivity index (χ2n) is 6.36. The van der Waals surface area contributed by atoms with Crippen LogP contribution in [0.3, 0.4) is 0 Å². The Bertz CT molecular complexity index is 719. The van der Waals surface area contributed by atoms with Crippen LogP contribution in [0, 0.1) is 12.8 Å². The van der Waals surface area contributed by atoms with Crippen molar-refractivity contribution >= 4 is 17.4 Å². The number of nitrogens with one attached hydrogen (secondary N) is 1. The van der Waals surface area contributed by atoms with E-state index in [4.69, 9.17) is 11.6 Å². The second kappa shape index (κ2) is 5.21. The summed E-state index contributed by atoms with van der Waals surface area (Å²) in [4.78, 5) is 12.3. The number of carbonyl (C=O) groups is 1. The van der Waals surface area contributed by atoms with Gasteiger partial charge in [-0.15, -0.1) is 0 Å². The van der Waals surface area contributed by atoms with Crippen LogP contribution in [0.5, 0.6) is 0 Å². The van der Waals surface area contributed by atoms with E-state index in [0.717, 1.165) is 22.5 Å². The highest BCUT2D eigenvalue weighted by molar-refractivity contribution is 6.30. The average molecular weight is 319 g/mol. The molecule has 0 fully saturated rings. The summed E-state index contributed by atoms with van der Waals surface area (Å²) >= 11 is 5.98. The molecule has 116 valence electrons. The van der Waals surface area contributed by atoms with Crippen molar-refractivity contribution in [2.75, 3.05) is 0 Å². The summed E-state index contributed by atoms with van der Waals surface area (Å²) in [6, 6.07) is 7.46. The molecule has 0 aliphatic heterocycles. The van der Waals surface area contributed by atoms with Gasteiger partial charge in [-0.3, -0.25) is 9.89 Å². The normalized spacial score (nSPS) is 27.5. The van der Waals surface area contributed by atoms with E-state index in [2.05, 4.69) is 10.2 Å². The van der Waals surface area contributed by atoms with E-state index in [9.17, 15) is 9.90 Å². The summed E-state index contributed by atoms with van der Waals surface area (Å²) in [5.74, 6) is -0.735. The number of benzene rings is 1. The maximum absolute atomic E-state index is 12.3. The molecular formula is C17H19ClN2O2. The summed E-state index contributed by atoms with van der Waals surface area (Å²) in [6.45, 7) is 5.21. The quantitative estimate of drug-likeness (QED) is 0.894. The smallest absolute Gasteiger partial charge is 0.136 e. The lowest BCUT2D eigenvalue weighted by molar-refractivity contribution is -0.130. The molecule has 3 rings (SSSR count). The summed E-state index contributed by atoms with van der Waals surface area (Å²) in [6.07, 6.45) is 0.376. The average Bonchev–Trinajstić information content (AvgIpc) is 2.77. The van der Waals surface area contributed by atoms with Crippen molar-refractivity contribution in [1.82, 2.24) is 10.2 Å². The van der Waals surface area contributed by atoms with Gasteiger partial charge in [0.2, 0.25) is 0 Å². The van der Waals surface area contributed by atoms with Crippen LogP contribution in [-0.4, -0.2) is 26.7 Å².